The van der Waals surface area contributed by atoms with E-state index in [1.165, 1.54) is 4.90 Å². The van der Waals surface area contributed by atoms with Crippen molar-refractivity contribution in [3.05, 3.63) is 29.3 Å². The first-order chi connectivity index (χ1) is 11.6. The predicted molar refractivity (Wildman–Crippen MR) is 91.9 cm³/mol. The Kier molecular flexibility index (Phi) is 6.81. The fraction of sp³-hybridized carbons (Fsp3) is 0.471. The average Bonchev–Trinajstić information content (AvgIpc) is 2.93. The predicted octanol–water partition coefficient (Wildman–Crippen LogP) is 1.21. The summed E-state index contributed by atoms with van der Waals surface area (Å²) in [6.07, 6.45) is 1.95. The number of carbonyl (C=O) groups is 3. The van der Waals surface area contributed by atoms with Gasteiger partial charge in [-0.25, -0.2) is 0 Å². The first-order valence-corrected chi connectivity index (χ1v) is 8.93. The number of hydrogen-bond donors (Lipinski definition) is 2. The third-order valence-corrected chi connectivity index (χ3v) is 5.20. The third kappa shape index (κ3) is 4.15. The van der Waals surface area contributed by atoms with Crippen LogP contribution in [0.15, 0.2) is 23.1 Å². The molecule has 1 aromatic rings. The molecule has 7 heteroatoms. The van der Waals surface area contributed by atoms with Gasteiger partial charge in [-0.3, -0.25) is 9.59 Å². The van der Waals surface area contributed by atoms with Crippen LogP contribution in [0.25, 0.3) is 0 Å². The normalized spacial score (nSPS) is 14.4. The second-order valence-corrected chi connectivity index (χ2v) is 6.69. The smallest absolute Gasteiger partial charge is 0.255 e. The van der Waals surface area contributed by atoms with E-state index in [2.05, 4.69) is 5.32 Å². The second kappa shape index (κ2) is 8.84. The quantitative estimate of drug-likeness (QED) is 0.397. The molecular weight excluding hydrogens is 328 g/mol. The number of hydrogen-bond acceptors (Lipinski definition) is 5. The van der Waals surface area contributed by atoms with Crippen LogP contribution in [-0.4, -0.2) is 53.6 Å². The minimum absolute atomic E-state index is 0.139. The van der Waals surface area contributed by atoms with E-state index in [1.54, 1.807) is 24.9 Å². The largest absolute Gasteiger partial charge is 0.396 e. The Hall–Kier alpha value is -1.86. The van der Waals surface area contributed by atoms with Crippen LogP contribution in [-0.2, 0) is 16.1 Å². The van der Waals surface area contributed by atoms with Gasteiger partial charge in [0, 0.05) is 42.8 Å². The molecule has 6 nitrogen and oxygen atoms in total. The van der Waals surface area contributed by atoms with Crippen molar-refractivity contribution in [2.75, 3.05) is 19.4 Å². The summed E-state index contributed by atoms with van der Waals surface area (Å²) in [6.45, 7) is 0.521. The van der Waals surface area contributed by atoms with Gasteiger partial charge in [0.05, 0.1) is 6.04 Å². The van der Waals surface area contributed by atoms with Gasteiger partial charge in [-0.15, -0.1) is 11.8 Å². The zero-order valence-electron chi connectivity index (χ0n) is 13.7. The molecule has 1 aliphatic heterocycles. The fourth-order valence-corrected chi connectivity index (χ4v) is 3.69. The van der Waals surface area contributed by atoms with Gasteiger partial charge in [0.15, 0.2) is 0 Å². The lowest BCUT2D eigenvalue weighted by Crippen LogP contribution is -2.37. The lowest BCUT2D eigenvalue weighted by molar-refractivity contribution is -0.121. The van der Waals surface area contributed by atoms with Gasteiger partial charge in [0.25, 0.3) is 5.91 Å². The number of benzene rings is 1. The monoisotopic (exact) mass is 350 g/mol. The van der Waals surface area contributed by atoms with Crippen LogP contribution in [0.5, 0.6) is 0 Å². The summed E-state index contributed by atoms with van der Waals surface area (Å²) in [5, 5.41) is 11.4. The Bertz CT molecular complexity index is 621. The summed E-state index contributed by atoms with van der Waals surface area (Å²) in [6, 6.07) is 4.96. The Morgan fingerprint density at radius 3 is 2.96 bits per heavy atom. The lowest BCUT2D eigenvalue weighted by Gasteiger charge is -2.22. The Labute approximate surface area is 145 Å². The third-order valence-electron chi connectivity index (χ3n) is 4.02. The minimum atomic E-state index is -0.600. The second-order valence-electron chi connectivity index (χ2n) is 5.56. The standard InChI is InChI=1S/C17H22N2O4S/c1-18-16(22)7-6-12(11-21)19-10-14-13(17(19)23)4-2-5-15(14)24-9-3-8-20/h2,4-5,11-12,20H,3,6-10H2,1H3,(H,18,22). The van der Waals surface area contributed by atoms with Gasteiger partial charge in [0.1, 0.15) is 6.29 Å². The molecule has 1 aromatic carbocycles. The van der Waals surface area contributed by atoms with E-state index < -0.39 is 6.04 Å². The molecule has 0 aromatic heterocycles. The van der Waals surface area contributed by atoms with E-state index in [9.17, 15) is 14.4 Å². The van der Waals surface area contributed by atoms with Crippen LogP contribution in [0.1, 0.15) is 35.2 Å². The maximum atomic E-state index is 12.6. The SMILES string of the molecule is CNC(=O)CCC(C=O)N1Cc2c(SCCCO)cccc2C1=O. The first kappa shape index (κ1) is 18.5. The zero-order chi connectivity index (χ0) is 17.5. The summed E-state index contributed by atoms with van der Waals surface area (Å²) < 4.78 is 0. The molecule has 0 spiro atoms. The van der Waals surface area contributed by atoms with E-state index >= 15 is 0 Å². The molecular formula is C17H22N2O4S. The van der Waals surface area contributed by atoms with Crippen molar-refractivity contribution in [2.24, 2.45) is 0 Å². The first-order valence-electron chi connectivity index (χ1n) is 7.94. The molecule has 2 N–H and O–H groups in total. The van der Waals surface area contributed by atoms with Gasteiger partial charge < -0.3 is 20.1 Å². The Morgan fingerprint density at radius 1 is 1.50 bits per heavy atom. The highest BCUT2D eigenvalue weighted by Gasteiger charge is 2.34. The van der Waals surface area contributed by atoms with E-state index in [1.807, 2.05) is 12.1 Å². The van der Waals surface area contributed by atoms with Crippen LogP contribution in [0, 0.1) is 0 Å². The van der Waals surface area contributed by atoms with Gasteiger partial charge >= 0.3 is 0 Å². The van der Waals surface area contributed by atoms with Crippen molar-refractivity contribution in [3.8, 4) is 0 Å². The number of nitrogens with zero attached hydrogens (tertiary/aromatic N) is 1. The van der Waals surface area contributed by atoms with Crippen molar-refractivity contribution >= 4 is 29.9 Å². The highest BCUT2D eigenvalue weighted by molar-refractivity contribution is 7.99. The van der Waals surface area contributed by atoms with Crippen LogP contribution < -0.4 is 5.32 Å². The molecule has 0 radical (unpaired) electrons. The van der Waals surface area contributed by atoms with Crippen molar-refractivity contribution < 1.29 is 19.5 Å². The summed E-state index contributed by atoms with van der Waals surface area (Å²) in [4.78, 5) is 38.0. The summed E-state index contributed by atoms with van der Waals surface area (Å²) in [7, 11) is 1.55. The van der Waals surface area contributed by atoms with E-state index in [4.69, 9.17) is 5.11 Å². The molecule has 0 saturated carbocycles. The maximum Gasteiger partial charge on any atom is 0.255 e. The average molecular weight is 350 g/mol. The van der Waals surface area contributed by atoms with E-state index in [0.717, 1.165) is 22.5 Å². The Morgan fingerprint density at radius 2 is 2.29 bits per heavy atom. The van der Waals surface area contributed by atoms with Crippen LogP contribution >= 0.6 is 11.8 Å². The minimum Gasteiger partial charge on any atom is -0.396 e. The Balaban J connectivity index is 2.12. The molecule has 1 aliphatic rings. The number of aldehydes is 1. The fourth-order valence-electron chi connectivity index (χ4n) is 2.68. The lowest BCUT2D eigenvalue weighted by atomic mass is 10.1. The van der Waals surface area contributed by atoms with Gasteiger partial charge in [-0.2, -0.15) is 0 Å². The summed E-state index contributed by atoms with van der Waals surface area (Å²) in [5.74, 6) is 0.462. The van der Waals surface area contributed by atoms with Gasteiger partial charge in [-0.05, 0) is 30.5 Å². The van der Waals surface area contributed by atoms with E-state index in [-0.39, 0.29) is 24.8 Å². The maximum absolute atomic E-state index is 12.6. The number of fused-ring (bicyclic) bond motifs is 1. The molecule has 2 amide bonds. The number of carbonyl (C=O) groups excluding carboxylic acids is 3. The summed E-state index contributed by atoms with van der Waals surface area (Å²) >= 11 is 1.60. The molecule has 0 aliphatic carbocycles. The molecule has 130 valence electrons. The summed E-state index contributed by atoms with van der Waals surface area (Å²) in [5.41, 5.74) is 1.55. The molecule has 0 fully saturated rings. The number of nitrogens with one attached hydrogen (secondary N) is 1. The molecule has 0 saturated heterocycles. The number of amides is 2. The van der Waals surface area contributed by atoms with Crippen molar-refractivity contribution in [1.29, 1.82) is 0 Å². The van der Waals surface area contributed by atoms with Crippen LogP contribution in [0.3, 0.4) is 0 Å². The van der Waals surface area contributed by atoms with Gasteiger partial charge in [-0.1, -0.05) is 6.07 Å². The number of aliphatic hydroxyl groups excluding tert-OH is 1. The number of aliphatic hydroxyl groups is 1. The van der Waals surface area contributed by atoms with Crippen LogP contribution in [0.4, 0.5) is 0 Å². The number of thioether (sulfide) groups is 1. The molecule has 0 bridgehead atoms. The highest BCUT2D eigenvalue weighted by Crippen LogP contribution is 2.33. The van der Waals surface area contributed by atoms with Crippen molar-refractivity contribution in [3.63, 3.8) is 0 Å². The highest BCUT2D eigenvalue weighted by atomic mass is 32.2. The molecule has 1 unspecified atom stereocenters. The molecule has 2 rings (SSSR count). The van der Waals surface area contributed by atoms with Crippen molar-refractivity contribution in [1.82, 2.24) is 10.2 Å². The molecule has 1 heterocycles. The zero-order valence-corrected chi connectivity index (χ0v) is 14.5. The molecule has 1 atom stereocenters. The van der Waals surface area contributed by atoms with Crippen molar-refractivity contribution in [2.45, 2.75) is 36.7 Å². The van der Waals surface area contributed by atoms with Crippen LogP contribution in [0.2, 0.25) is 0 Å². The number of rotatable bonds is 9. The molecule has 24 heavy (non-hydrogen) atoms. The topological polar surface area (TPSA) is 86.7 Å². The van der Waals surface area contributed by atoms with Gasteiger partial charge in [0.2, 0.25) is 5.91 Å². The van der Waals surface area contributed by atoms with E-state index in [0.29, 0.717) is 24.9 Å².